The normalized spacial score (nSPS) is 15.8. The molecule has 0 saturated carbocycles. The van der Waals surface area contributed by atoms with E-state index in [2.05, 4.69) is 11.9 Å². The quantitative estimate of drug-likeness (QED) is 0.523. The van der Waals surface area contributed by atoms with Crippen LogP contribution in [0.5, 0.6) is 5.75 Å². The average molecular weight is 498 g/mol. The number of fused-ring (bicyclic) bond motifs is 1. The highest BCUT2D eigenvalue weighted by molar-refractivity contribution is 7.92. The monoisotopic (exact) mass is 497 g/mol. The van der Waals surface area contributed by atoms with E-state index in [9.17, 15) is 18.0 Å². The van der Waals surface area contributed by atoms with Crippen LogP contribution in [-0.2, 0) is 30.7 Å². The van der Waals surface area contributed by atoms with Gasteiger partial charge < -0.3 is 18.9 Å². The van der Waals surface area contributed by atoms with E-state index >= 15 is 0 Å². The Morgan fingerprint density at radius 3 is 2.61 bits per heavy atom. The molecule has 1 aliphatic heterocycles. The number of ether oxygens (including phenoxy) is 2. The van der Waals surface area contributed by atoms with E-state index in [1.54, 1.807) is 12.0 Å². The van der Waals surface area contributed by atoms with Gasteiger partial charge in [0, 0.05) is 26.7 Å². The number of thiazole rings is 1. The molecular weight excluding hydrogens is 466 g/mol. The van der Waals surface area contributed by atoms with E-state index in [1.165, 1.54) is 11.3 Å². The van der Waals surface area contributed by atoms with Crippen LogP contribution < -0.4 is 9.54 Å². The zero-order chi connectivity index (χ0) is 24.0. The number of hydrogen-bond donors (Lipinski definition) is 0. The molecule has 33 heavy (non-hydrogen) atoms. The summed E-state index contributed by atoms with van der Waals surface area (Å²) in [6.07, 6.45) is 1.72. The standard InChI is InChI=1S/C22H31N3O6S2/c1-4-31-17-5-6-18-19(13-17)32-22(25(18)11-12-30-3)23-20(26)14-33(28,29)15-21(27)24-9-7-16(2)8-10-24/h5-6,13,16H,4,7-12,14-15H2,1-3H3. The highest BCUT2D eigenvalue weighted by Gasteiger charge is 2.26. The van der Waals surface area contributed by atoms with Crippen LogP contribution in [0.15, 0.2) is 23.2 Å². The lowest BCUT2D eigenvalue weighted by Gasteiger charge is -2.30. The first-order valence-electron chi connectivity index (χ1n) is 11.0. The van der Waals surface area contributed by atoms with Gasteiger partial charge in [0.2, 0.25) is 5.91 Å². The second kappa shape index (κ2) is 11.3. The number of piperidine rings is 1. The molecule has 0 N–H and O–H groups in total. The van der Waals surface area contributed by atoms with Gasteiger partial charge in [-0.05, 0) is 43.9 Å². The zero-order valence-corrected chi connectivity index (χ0v) is 20.9. The first kappa shape index (κ1) is 25.4. The van der Waals surface area contributed by atoms with Gasteiger partial charge >= 0.3 is 0 Å². The number of amides is 2. The lowest BCUT2D eigenvalue weighted by molar-refractivity contribution is -0.129. The fourth-order valence-electron chi connectivity index (χ4n) is 3.71. The third-order valence-corrected chi connectivity index (χ3v) is 7.94. The summed E-state index contributed by atoms with van der Waals surface area (Å²) >= 11 is 1.28. The SMILES string of the molecule is CCOc1ccc2c(c1)sc(=NC(=O)CS(=O)(=O)CC(=O)N1CCC(C)CC1)n2CCOC. The molecule has 0 unspecified atom stereocenters. The topological polar surface area (TPSA) is 107 Å². The summed E-state index contributed by atoms with van der Waals surface area (Å²) in [6.45, 7) is 6.51. The van der Waals surface area contributed by atoms with Crippen molar-refractivity contribution in [3.05, 3.63) is 23.0 Å². The Bertz CT molecular complexity index is 1160. The Labute approximate surface area is 197 Å². The highest BCUT2D eigenvalue weighted by atomic mass is 32.2. The number of nitrogens with zero attached hydrogens (tertiary/aromatic N) is 3. The molecule has 3 rings (SSSR count). The van der Waals surface area contributed by atoms with Crippen LogP contribution in [0.1, 0.15) is 26.7 Å². The van der Waals surface area contributed by atoms with Crippen molar-refractivity contribution < 1.29 is 27.5 Å². The second-order valence-corrected chi connectivity index (χ2v) is 11.3. The number of carbonyl (C=O) groups is 2. The number of hydrogen-bond acceptors (Lipinski definition) is 7. The van der Waals surface area contributed by atoms with Crippen LogP contribution in [-0.4, -0.2) is 74.6 Å². The summed E-state index contributed by atoms with van der Waals surface area (Å²) in [6, 6.07) is 5.58. The minimum Gasteiger partial charge on any atom is -0.494 e. The van der Waals surface area contributed by atoms with Crippen molar-refractivity contribution in [1.29, 1.82) is 0 Å². The predicted octanol–water partition coefficient (Wildman–Crippen LogP) is 1.85. The minimum absolute atomic E-state index is 0.382. The molecule has 2 amide bonds. The Hall–Kier alpha value is -2.24. The van der Waals surface area contributed by atoms with Gasteiger partial charge in [-0.15, -0.1) is 0 Å². The number of carbonyl (C=O) groups excluding carboxylic acids is 2. The second-order valence-electron chi connectivity index (χ2n) is 8.19. The van der Waals surface area contributed by atoms with Crippen LogP contribution in [0.25, 0.3) is 10.2 Å². The third kappa shape index (κ3) is 6.87. The maximum absolute atomic E-state index is 12.6. The summed E-state index contributed by atoms with van der Waals surface area (Å²) in [4.78, 5) is 31.0. The van der Waals surface area contributed by atoms with Gasteiger partial charge in [-0.2, -0.15) is 4.99 Å². The Morgan fingerprint density at radius 1 is 1.21 bits per heavy atom. The van der Waals surface area contributed by atoms with E-state index in [4.69, 9.17) is 9.47 Å². The maximum Gasteiger partial charge on any atom is 0.263 e. The summed E-state index contributed by atoms with van der Waals surface area (Å²) in [5, 5.41) is 0. The van der Waals surface area contributed by atoms with Crippen molar-refractivity contribution in [2.24, 2.45) is 10.9 Å². The molecule has 0 aliphatic carbocycles. The predicted molar refractivity (Wildman–Crippen MR) is 127 cm³/mol. The number of benzene rings is 1. The maximum atomic E-state index is 12.6. The molecule has 0 spiro atoms. The van der Waals surface area contributed by atoms with Crippen molar-refractivity contribution in [3.63, 3.8) is 0 Å². The first-order valence-corrected chi connectivity index (χ1v) is 13.7. The van der Waals surface area contributed by atoms with Gasteiger partial charge in [0.05, 0.1) is 23.4 Å². The van der Waals surface area contributed by atoms with E-state index in [0.717, 1.165) is 23.1 Å². The van der Waals surface area contributed by atoms with Crippen LogP contribution in [0.2, 0.25) is 0 Å². The molecule has 2 aromatic rings. The average Bonchev–Trinajstić information content (AvgIpc) is 3.07. The van der Waals surface area contributed by atoms with Crippen molar-refractivity contribution >= 4 is 43.2 Å². The van der Waals surface area contributed by atoms with Gasteiger partial charge in [0.25, 0.3) is 5.91 Å². The lowest BCUT2D eigenvalue weighted by Crippen LogP contribution is -2.41. The lowest BCUT2D eigenvalue weighted by atomic mass is 9.99. The van der Waals surface area contributed by atoms with Crippen LogP contribution in [0.4, 0.5) is 0 Å². The number of methoxy groups -OCH3 is 1. The Morgan fingerprint density at radius 2 is 1.94 bits per heavy atom. The first-order chi connectivity index (χ1) is 15.7. The summed E-state index contributed by atoms with van der Waals surface area (Å²) in [5.74, 6) is -1.48. The van der Waals surface area contributed by atoms with Gasteiger partial charge in [0.1, 0.15) is 17.3 Å². The van der Waals surface area contributed by atoms with Crippen molar-refractivity contribution in [3.8, 4) is 5.75 Å². The molecule has 182 valence electrons. The molecule has 2 heterocycles. The van der Waals surface area contributed by atoms with Crippen molar-refractivity contribution in [2.75, 3.05) is 44.9 Å². The molecule has 11 heteroatoms. The molecule has 1 fully saturated rings. The molecular formula is C22H31N3O6S2. The highest BCUT2D eigenvalue weighted by Crippen LogP contribution is 2.23. The van der Waals surface area contributed by atoms with E-state index < -0.39 is 33.2 Å². The van der Waals surface area contributed by atoms with Gasteiger partial charge in [-0.25, -0.2) is 8.42 Å². The van der Waals surface area contributed by atoms with Crippen molar-refractivity contribution in [2.45, 2.75) is 33.2 Å². The van der Waals surface area contributed by atoms with Crippen LogP contribution >= 0.6 is 11.3 Å². The molecule has 0 atom stereocenters. The Balaban J connectivity index is 1.78. The van der Waals surface area contributed by atoms with Gasteiger partial charge in [0.15, 0.2) is 14.6 Å². The molecule has 0 bridgehead atoms. The summed E-state index contributed by atoms with van der Waals surface area (Å²) < 4.78 is 38.5. The number of sulfone groups is 1. The van der Waals surface area contributed by atoms with Crippen LogP contribution in [0.3, 0.4) is 0 Å². The van der Waals surface area contributed by atoms with E-state index in [1.807, 2.05) is 29.7 Å². The fraction of sp³-hybridized carbons (Fsp3) is 0.591. The fourth-order valence-corrected chi connectivity index (χ4v) is 5.91. The molecule has 9 nitrogen and oxygen atoms in total. The Kier molecular flexibility index (Phi) is 8.66. The summed E-state index contributed by atoms with van der Waals surface area (Å²) in [5.41, 5.74) is 0.851. The molecule has 1 aromatic heterocycles. The zero-order valence-electron chi connectivity index (χ0n) is 19.3. The van der Waals surface area contributed by atoms with E-state index in [-0.39, 0.29) is 0 Å². The van der Waals surface area contributed by atoms with Gasteiger partial charge in [-0.1, -0.05) is 18.3 Å². The van der Waals surface area contributed by atoms with Crippen LogP contribution in [0, 0.1) is 5.92 Å². The smallest absolute Gasteiger partial charge is 0.263 e. The summed E-state index contributed by atoms with van der Waals surface area (Å²) in [7, 11) is -2.34. The number of likely N-dealkylation sites (tertiary alicyclic amines) is 1. The number of rotatable bonds is 9. The number of aromatic nitrogens is 1. The van der Waals surface area contributed by atoms with E-state index in [0.29, 0.717) is 49.3 Å². The minimum atomic E-state index is -3.92. The third-order valence-electron chi connectivity index (χ3n) is 5.53. The van der Waals surface area contributed by atoms with Gasteiger partial charge in [-0.3, -0.25) is 9.59 Å². The largest absolute Gasteiger partial charge is 0.494 e. The van der Waals surface area contributed by atoms with Crippen molar-refractivity contribution in [1.82, 2.24) is 9.47 Å². The molecule has 1 saturated heterocycles. The molecule has 1 aromatic carbocycles. The molecule has 0 radical (unpaired) electrons. The molecule has 1 aliphatic rings.